The van der Waals surface area contributed by atoms with E-state index in [1.807, 2.05) is 20.8 Å². The molecular weight excluding hydrogens is 280 g/mol. The van der Waals surface area contributed by atoms with Crippen molar-refractivity contribution in [2.45, 2.75) is 57.4 Å². The van der Waals surface area contributed by atoms with E-state index >= 15 is 0 Å². The summed E-state index contributed by atoms with van der Waals surface area (Å²) in [5.41, 5.74) is -0.298. The molecule has 0 aromatic carbocycles. The minimum atomic E-state index is -4.03. The number of aromatic nitrogens is 2. The SMILES string of the molecule is CCC(C)(C)NC(=O)c1n[nH]c(C(C)C)c1S(N)(=O)=O. The average Bonchev–Trinajstić information content (AvgIpc) is 2.72. The molecule has 114 valence electrons. The van der Waals surface area contributed by atoms with Gasteiger partial charge in [-0.05, 0) is 26.2 Å². The van der Waals surface area contributed by atoms with E-state index in [2.05, 4.69) is 15.5 Å². The largest absolute Gasteiger partial charge is 0.346 e. The highest BCUT2D eigenvalue weighted by atomic mass is 32.2. The van der Waals surface area contributed by atoms with Crippen molar-refractivity contribution in [3.05, 3.63) is 11.4 Å². The molecule has 8 heteroatoms. The molecule has 0 aliphatic heterocycles. The lowest BCUT2D eigenvalue weighted by Gasteiger charge is -2.24. The number of hydrogen-bond donors (Lipinski definition) is 3. The zero-order valence-corrected chi connectivity index (χ0v) is 13.3. The number of sulfonamides is 1. The van der Waals surface area contributed by atoms with E-state index in [-0.39, 0.29) is 16.5 Å². The molecule has 1 amide bonds. The molecule has 0 saturated heterocycles. The number of H-pyrrole nitrogens is 1. The Morgan fingerprint density at radius 3 is 2.40 bits per heavy atom. The molecule has 0 atom stereocenters. The molecule has 0 spiro atoms. The van der Waals surface area contributed by atoms with Gasteiger partial charge in [-0.2, -0.15) is 5.10 Å². The Bertz CT molecular complexity index is 602. The third-order valence-corrected chi connectivity index (χ3v) is 4.14. The summed E-state index contributed by atoms with van der Waals surface area (Å²) in [6.07, 6.45) is 0.699. The van der Waals surface area contributed by atoms with Crippen molar-refractivity contribution in [2.24, 2.45) is 5.14 Å². The molecule has 7 nitrogen and oxygen atoms in total. The predicted molar refractivity (Wildman–Crippen MR) is 75.9 cm³/mol. The zero-order chi connectivity index (χ0) is 15.7. The number of aromatic amines is 1. The van der Waals surface area contributed by atoms with Gasteiger partial charge >= 0.3 is 0 Å². The molecule has 4 N–H and O–H groups in total. The number of nitrogens with two attached hydrogens (primary N) is 1. The van der Waals surface area contributed by atoms with Crippen LogP contribution in [0.2, 0.25) is 0 Å². The summed E-state index contributed by atoms with van der Waals surface area (Å²) in [4.78, 5) is 12.0. The first-order valence-corrected chi connectivity index (χ1v) is 7.97. The molecule has 0 aliphatic carbocycles. The Kier molecular flexibility index (Phi) is 4.60. The number of carbonyl (C=O) groups excluding carboxylic acids is 1. The van der Waals surface area contributed by atoms with Crippen LogP contribution < -0.4 is 10.5 Å². The number of amides is 1. The topological polar surface area (TPSA) is 118 Å². The van der Waals surface area contributed by atoms with Gasteiger partial charge in [0.15, 0.2) is 5.69 Å². The van der Waals surface area contributed by atoms with E-state index in [9.17, 15) is 13.2 Å². The molecular formula is C12H22N4O3S. The van der Waals surface area contributed by atoms with Crippen LogP contribution in [0.5, 0.6) is 0 Å². The van der Waals surface area contributed by atoms with Crippen molar-refractivity contribution < 1.29 is 13.2 Å². The van der Waals surface area contributed by atoms with Gasteiger partial charge < -0.3 is 5.32 Å². The normalized spacial score (nSPS) is 12.8. The second-order valence-electron chi connectivity index (χ2n) is 5.71. The molecule has 0 bridgehead atoms. The summed E-state index contributed by atoms with van der Waals surface area (Å²) >= 11 is 0. The van der Waals surface area contributed by atoms with Gasteiger partial charge in [0.25, 0.3) is 5.91 Å². The minimum absolute atomic E-state index is 0.142. The highest BCUT2D eigenvalue weighted by molar-refractivity contribution is 7.89. The summed E-state index contributed by atoms with van der Waals surface area (Å²) in [5.74, 6) is -0.694. The number of nitrogens with one attached hydrogen (secondary N) is 2. The van der Waals surface area contributed by atoms with Crippen LogP contribution in [0.25, 0.3) is 0 Å². The summed E-state index contributed by atoms with van der Waals surface area (Å²) in [6.45, 7) is 9.19. The summed E-state index contributed by atoms with van der Waals surface area (Å²) in [5, 5.41) is 14.4. The fourth-order valence-corrected chi connectivity index (χ4v) is 2.63. The molecule has 1 aromatic rings. The molecule has 0 fully saturated rings. The van der Waals surface area contributed by atoms with Crippen molar-refractivity contribution in [3.8, 4) is 0 Å². The van der Waals surface area contributed by atoms with E-state index in [1.165, 1.54) is 0 Å². The van der Waals surface area contributed by atoms with Gasteiger partial charge in [0.2, 0.25) is 10.0 Å². The van der Waals surface area contributed by atoms with E-state index in [0.29, 0.717) is 12.1 Å². The minimum Gasteiger partial charge on any atom is -0.346 e. The summed E-state index contributed by atoms with van der Waals surface area (Å²) in [6, 6.07) is 0. The molecule has 20 heavy (non-hydrogen) atoms. The third kappa shape index (κ3) is 3.57. The maximum Gasteiger partial charge on any atom is 0.273 e. The Morgan fingerprint density at radius 1 is 1.45 bits per heavy atom. The lowest BCUT2D eigenvalue weighted by Crippen LogP contribution is -2.43. The number of hydrogen-bond acceptors (Lipinski definition) is 4. The molecule has 0 radical (unpaired) electrons. The Labute approximate surface area is 119 Å². The first-order chi connectivity index (χ1) is 8.99. The van der Waals surface area contributed by atoms with Crippen LogP contribution in [-0.2, 0) is 10.0 Å². The van der Waals surface area contributed by atoms with Crippen LogP contribution >= 0.6 is 0 Å². The molecule has 0 saturated carbocycles. The van der Waals surface area contributed by atoms with E-state index in [4.69, 9.17) is 5.14 Å². The van der Waals surface area contributed by atoms with Crippen LogP contribution in [0.4, 0.5) is 0 Å². The predicted octanol–water partition coefficient (Wildman–Crippen LogP) is 1.10. The van der Waals surface area contributed by atoms with Crippen molar-refractivity contribution >= 4 is 15.9 Å². The zero-order valence-electron chi connectivity index (χ0n) is 12.4. The second kappa shape index (κ2) is 5.53. The van der Waals surface area contributed by atoms with Crippen LogP contribution in [0.1, 0.15) is 63.1 Å². The number of primary sulfonamides is 1. The number of nitrogens with zero attached hydrogens (tertiary/aromatic N) is 1. The standard InChI is InChI=1S/C12H22N4O3S/c1-6-12(4,5)14-11(17)9-10(20(13,18)19)8(7(2)3)15-16-9/h7H,6H2,1-5H3,(H,14,17)(H,15,16)(H2,13,18,19). The lowest BCUT2D eigenvalue weighted by atomic mass is 10.0. The Morgan fingerprint density at radius 2 is 2.00 bits per heavy atom. The van der Waals surface area contributed by atoms with Crippen molar-refractivity contribution in [2.75, 3.05) is 0 Å². The van der Waals surface area contributed by atoms with E-state index in [0.717, 1.165) is 0 Å². The number of carbonyl (C=O) groups is 1. The third-order valence-electron chi connectivity index (χ3n) is 3.16. The fraction of sp³-hybridized carbons (Fsp3) is 0.667. The van der Waals surface area contributed by atoms with Gasteiger partial charge in [0.1, 0.15) is 4.90 Å². The van der Waals surface area contributed by atoms with Gasteiger partial charge in [-0.1, -0.05) is 20.8 Å². The maximum absolute atomic E-state index is 12.2. The van der Waals surface area contributed by atoms with Gasteiger partial charge in [-0.3, -0.25) is 9.89 Å². The monoisotopic (exact) mass is 302 g/mol. The first kappa shape index (κ1) is 16.6. The van der Waals surface area contributed by atoms with Gasteiger partial charge in [0, 0.05) is 5.54 Å². The molecule has 1 heterocycles. The van der Waals surface area contributed by atoms with Crippen LogP contribution in [0.3, 0.4) is 0 Å². The average molecular weight is 302 g/mol. The highest BCUT2D eigenvalue weighted by Gasteiger charge is 2.30. The lowest BCUT2D eigenvalue weighted by molar-refractivity contribution is 0.0902. The van der Waals surface area contributed by atoms with E-state index in [1.54, 1.807) is 13.8 Å². The Hall–Kier alpha value is -1.41. The van der Waals surface area contributed by atoms with Gasteiger partial charge in [-0.15, -0.1) is 0 Å². The molecule has 0 unspecified atom stereocenters. The van der Waals surface area contributed by atoms with Gasteiger partial charge in [-0.25, -0.2) is 13.6 Å². The van der Waals surface area contributed by atoms with Crippen molar-refractivity contribution in [1.29, 1.82) is 0 Å². The molecule has 0 aliphatic rings. The van der Waals surface area contributed by atoms with Crippen LogP contribution in [-0.4, -0.2) is 30.1 Å². The highest BCUT2D eigenvalue weighted by Crippen LogP contribution is 2.24. The van der Waals surface area contributed by atoms with Crippen LogP contribution in [0.15, 0.2) is 4.90 Å². The van der Waals surface area contributed by atoms with Crippen molar-refractivity contribution in [1.82, 2.24) is 15.5 Å². The Balaban J connectivity index is 3.30. The van der Waals surface area contributed by atoms with Crippen LogP contribution in [0, 0.1) is 0 Å². The summed E-state index contributed by atoms with van der Waals surface area (Å²) in [7, 11) is -4.03. The van der Waals surface area contributed by atoms with Gasteiger partial charge in [0.05, 0.1) is 5.69 Å². The smallest absolute Gasteiger partial charge is 0.273 e. The summed E-state index contributed by atoms with van der Waals surface area (Å²) < 4.78 is 23.4. The molecule has 1 aromatic heterocycles. The quantitative estimate of drug-likeness (QED) is 0.754. The second-order valence-corrected chi connectivity index (χ2v) is 7.20. The van der Waals surface area contributed by atoms with E-state index < -0.39 is 21.5 Å². The number of rotatable bonds is 5. The fourth-order valence-electron chi connectivity index (χ4n) is 1.63. The molecule has 1 rings (SSSR count). The maximum atomic E-state index is 12.2. The van der Waals surface area contributed by atoms with Crippen molar-refractivity contribution in [3.63, 3.8) is 0 Å². The first-order valence-electron chi connectivity index (χ1n) is 6.43.